The molecule has 2 aromatic carbocycles. The van der Waals surface area contributed by atoms with E-state index >= 15 is 0 Å². The predicted octanol–water partition coefficient (Wildman–Crippen LogP) is 2.62. The summed E-state index contributed by atoms with van der Waals surface area (Å²) >= 11 is 0. The number of nitrogens with zero attached hydrogens (tertiary/aromatic N) is 2. The summed E-state index contributed by atoms with van der Waals surface area (Å²) in [6, 6.07) is 10.1. The fourth-order valence-corrected chi connectivity index (χ4v) is 3.64. The van der Waals surface area contributed by atoms with Crippen LogP contribution < -0.4 is 10.7 Å². The van der Waals surface area contributed by atoms with E-state index in [1.54, 1.807) is 6.07 Å². The zero-order valence-electron chi connectivity index (χ0n) is 16.0. The predicted molar refractivity (Wildman–Crippen MR) is 107 cm³/mol. The summed E-state index contributed by atoms with van der Waals surface area (Å²) in [5.41, 5.74) is -0.842. The third-order valence-corrected chi connectivity index (χ3v) is 4.97. The average molecular weight is 433 g/mol. The van der Waals surface area contributed by atoms with Crippen LogP contribution in [0.15, 0.2) is 53.3 Å². The molecule has 0 fully saturated rings. The lowest BCUT2D eigenvalue weighted by molar-refractivity contribution is 0.101. The van der Waals surface area contributed by atoms with E-state index in [9.17, 15) is 26.8 Å². The number of amides is 1. The number of aryl methyl sites for hydroxylation is 1. The molecule has 1 amide bonds. The summed E-state index contributed by atoms with van der Waals surface area (Å²) < 4.78 is 52.0. The van der Waals surface area contributed by atoms with Crippen LogP contribution in [0.3, 0.4) is 0 Å². The summed E-state index contributed by atoms with van der Waals surface area (Å²) in [6.07, 6.45) is 0.970. The lowest BCUT2D eigenvalue weighted by atomic mass is 10.2. The number of benzene rings is 2. The van der Waals surface area contributed by atoms with Gasteiger partial charge in [-0.15, -0.1) is 0 Å². The highest BCUT2D eigenvalue weighted by molar-refractivity contribution is 7.89. The number of hydrogen-bond acceptors (Lipinski definition) is 5. The first-order valence-electron chi connectivity index (χ1n) is 8.68. The lowest BCUT2D eigenvalue weighted by Gasteiger charge is -2.13. The van der Waals surface area contributed by atoms with E-state index in [4.69, 9.17) is 0 Å². The van der Waals surface area contributed by atoms with Crippen LogP contribution in [-0.4, -0.2) is 30.4 Å². The van der Waals surface area contributed by atoms with E-state index in [0.717, 1.165) is 29.1 Å². The molecular formula is C20H17F2N3O4S. The minimum Gasteiger partial charge on any atom is -0.320 e. The molecule has 0 spiro atoms. The van der Waals surface area contributed by atoms with E-state index in [0.29, 0.717) is 5.69 Å². The largest absolute Gasteiger partial charge is 0.320 e. The summed E-state index contributed by atoms with van der Waals surface area (Å²) in [4.78, 5) is 25.0. The van der Waals surface area contributed by atoms with Crippen molar-refractivity contribution in [2.24, 2.45) is 0 Å². The molecule has 1 N–H and O–H groups in total. The number of halogens is 2. The molecular weight excluding hydrogens is 416 g/mol. The highest BCUT2D eigenvalue weighted by atomic mass is 32.2. The maximum Gasteiger partial charge on any atom is 0.280 e. The van der Waals surface area contributed by atoms with Crippen LogP contribution in [0.1, 0.15) is 21.7 Å². The molecule has 156 valence electrons. The molecule has 0 saturated carbocycles. The highest BCUT2D eigenvalue weighted by Gasteiger charge is 2.19. The topological polar surface area (TPSA) is 98.1 Å². The molecule has 7 nitrogen and oxygen atoms in total. The minimum absolute atomic E-state index is 0.0195. The quantitative estimate of drug-likeness (QED) is 0.667. The van der Waals surface area contributed by atoms with Crippen LogP contribution >= 0.6 is 0 Å². The van der Waals surface area contributed by atoms with E-state index in [-0.39, 0.29) is 16.9 Å². The van der Waals surface area contributed by atoms with Crippen molar-refractivity contribution in [3.8, 4) is 5.69 Å². The van der Waals surface area contributed by atoms with E-state index < -0.39 is 44.3 Å². The maximum absolute atomic E-state index is 14.2. The standard InChI is InChI=1S/C20H17F2N3O4S/c1-12-9-18(26)19(24-25(12)17-6-4-3-5-15(17)22)20(27)23-16-8-7-14(21)10-13(16)11-30(2,28)29/h3-10H,11H2,1-2H3,(H,23,27). The molecule has 0 aliphatic heterocycles. The van der Waals surface area contributed by atoms with Gasteiger partial charge in [0.15, 0.2) is 15.5 Å². The van der Waals surface area contributed by atoms with Gasteiger partial charge in [-0.1, -0.05) is 12.1 Å². The Hall–Kier alpha value is -3.40. The van der Waals surface area contributed by atoms with Crippen molar-refractivity contribution in [2.75, 3.05) is 11.6 Å². The van der Waals surface area contributed by atoms with Crippen molar-refractivity contribution in [2.45, 2.75) is 12.7 Å². The highest BCUT2D eigenvalue weighted by Crippen LogP contribution is 2.20. The van der Waals surface area contributed by atoms with Gasteiger partial charge >= 0.3 is 0 Å². The van der Waals surface area contributed by atoms with Gasteiger partial charge in [0.25, 0.3) is 5.91 Å². The molecule has 1 heterocycles. The van der Waals surface area contributed by atoms with Crippen LogP contribution in [0.25, 0.3) is 5.69 Å². The molecule has 0 atom stereocenters. The molecule has 0 aliphatic carbocycles. The molecule has 0 saturated heterocycles. The Labute approximate surface area is 170 Å². The zero-order chi connectivity index (χ0) is 22.1. The number of carbonyl (C=O) groups excluding carboxylic acids is 1. The van der Waals surface area contributed by atoms with Gasteiger partial charge in [0.1, 0.15) is 17.3 Å². The molecule has 0 unspecified atom stereocenters. The van der Waals surface area contributed by atoms with Crippen molar-refractivity contribution >= 4 is 21.4 Å². The summed E-state index contributed by atoms with van der Waals surface area (Å²) in [6.45, 7) is 1.53. The molecule has 3 aromatic rings. The van der Waals surface area contributed by atoms with Gasteiger partial charge in [-0.3, -0.25) is 9.59 Å². The number of anilines is 1. The van der Waals surface area contributed by atoms with Crippen molar-refractivity contribution < 1.29 is 22.0 Å². The SMILES string of the molecule is Cc1cc(=O)c(C(=O)Nc2ccc(F)cc2CS(C)(=O)=O)nn1-c1ccccc1F. The normalized spacial score (nSPS) is 11.3. The molecule has 3 rings (SSSR count). The Kier molecular flexibility index (Phi) is 5.79. The number of nitrogens with one attached hydrogen (secondary N) is 1. The van der Waals surface area contributed by atoms with Gasteiger partial charge in [-0.25, -0.2) is 21.9 Å². The Balaban J connectivity index is 2.02. The number of para-hydroxylation sites is 1. The molecule has 30 heavy (non-hydrogen) atoms. The van der Waals surface area contributed by atoms with E-state index in [1.807, 2.05) is 0 Å². The van der Waals surface area contributed by atoms with Crippen molar-refractivity contribution in [3.63, 3.8) is 0 Å². The van der Waals surface area contributed by atoms with Crippen LogP contribution in [0, 0.1) is 18.6 Å². The number of aromatic nitrogens is 2. The van der Waals surface area contributed by atoms with Gasteiger partial charge in [0.05, 0.1) is 5.75 Å². The van der Waals surface area contributed by atoms with Crippen LogP contribution in [-0.2, 0) is 15.6 Å². The molecule has 10 heteroatoms. The van der Waals surface area contributed by atoms with E-state index in [2.05, 4.69) is 10.4 Å². The first kappa shape index (κ1) is 21.3. The summed E-state index contributed by atoms with van der Waals surface area (Å²) in [5.74, 6) is -2.73. The molecule has 0 aliphatic rings. The third kappa shape index (κ3) is 4.77. The Morgan fingerprint density at radius 3 is 2.50 bits per heavy atom. The molecule has 0 radical (unpaired) electrons. The second kappa shape index (κ2) is 8.15. The second-order valence-corrected chi connectivity index (χ2v) is 8.83. The van der Waals surface area contributed by atoms with Gasteiger partial charge in [0.2, 0.25) is 5.43 Å². The number of hydrogen-bond donors (Lipinski definition) is 1. The third-order valence-electron chi connectivity index (χ3n) is 4.14. The zero-order valence-corrected chi connectivity index (χ0v) is 16.8. The number of rotatable bonds is 5. The van der Waals surface area contributed by atoms with Crippen molar-refractivity contribution in [1.82, 2.24) is 9.78 Å². The minimum atomic E-state index is -3.52. The Bertz CT molecular complexity index is 1300. The summed E-state index contributed by atoms with van der Waals surface area (Å²) in [7, 11) is -3.52. The maximum atomic E-state index is 14.2. The molecule has 1 aromatic heterocycles. The van der Waals surface area contributed by atoms with Crippen molar-refractivity contribution in [3.05, 3.63) is 87.3 Å². The fourth-order valence-electron chi connectivity index (χ4n) is 2.84. The number of sulfone groups is 1. The smallest absolute Gasteiger partial charge is 0.280 e. The first-order valence-corrected chi connectivity index (χ1v) is 10.7. The monoisotopic (exact) mass is 433 g/mol. The average Bonchev–Trinajstić information content (AvgIpc) is 2.63. The van der Waals surface area contributed by atoms with Crippen LogP contribution in [0.5, 0.6) is 0 Å². The fraction of sp³-hybridized carbons (Fsp3) is 0.150. The van der Waals surface area contributed by atoms with Crippen LogP contribution in [0.2, 0.25) is 0 Å². The summed E-state index contributed by atoms with van der Waals surface area (Å²) in [5, 5.41) is 6.37. The number of carbonyl (C=O) groups is 1. The lowest BCUT2D eigenvalue weighted by Crippen LogP contribution is -2.27. The van der Waals surface area contributed by atoms with E-state index in [1.165, 1.54) is 31.2 Å². The Morgan fingerprint density at radius 1 is 1.13 bits per heavy atom. The van der Waals surface area contributed by atoms with Gasteiger partial charge < -0.3 is 5.32 Å². The Morgan fingerprint density at radius 2 is 1.83 bits per heavy atom. The second-order valence-electron chi connectivity index (χ2n) is 6.69. The van der Waals surface area contributed by atoms with Gasteiger partial charge in [0, 0.05) is 23.7 Å². The van der Waals surface area contributed by atoms with Crippen molar-refractivity contribution in [1.29, 1.82) is 0 Å². The van der Waals surface area contributed by atoms with Crippen LogP contribution in [0.4, 0.5) is 14.5 Å². The van der Waals surface area contributed by atoms with Gasteiger partial charge in [-0.2, -0.15) is 5.10 Å². The first-order chi connectivity index (χ1) is 14.0. The van der Waals surface area contributed by atoms with Gasteiger partial charge in [-0.05, 0) is 42.8 Å². The molecule has 0 bridgehead atoms.